The molecule has 0 saturated heterocycles. The van der Waals surface area contributed by atoms with Gasteiger partial charge in [-0.05, 0) is 0 Å². The summed E-state index contributed by atoms with van der Waals surface area (Å²) in [6.45, 7) is 0. The zero-order chi connectivity index (χ0) is 15.0. The zero-order valence-electron chi connectivity index (χ0n) is 10.5. The normalized spacial score (nSPS) is 14.3. The maximum atomic E-state index is 11.6. The number of fused-ring (bicyclic) bond motifs is 1. The predicted octanol–water partition coefficient (Wildman–Crippen LogP) is -2.78. The van der Waals surface area contributed by atoms with Crippen molar-refractivity contribution in [2.24, 2.45) is 12.8 Å². The number of imidazole rings is 1. The van der Waals surface area contributed by atoms with Crippen LogP contribution in [-0.4, -0.2) is 41.7 Å². The Morgan fingerprint density at radius 1 is 1.40 bits per heavy atom. The van der Waals surface area contributed by atoms with Crippen molar-refractivity contribution in [1.29, 1.82) is 0 Å². The first-order chi connectivity index (χ1) is 9.31. The number of carbonyl (C=O) groups is 1. The van der Waals surface area contributed by atoms with Gasteiger partial charge in [0.2, 0.25) is 5.91 Å². The Labute approximate surface area is 110 Å². The summed E-state index contributed by atoms with van der Waals surface area (Å²) in [5, 5.41) is 19.4. The minimum atomic E-state index is -1.54. The summed E-state index contributed by atoms with van der Waals surface area (Å²) in [7, 11) is 1.39. The number of primary amides is 1. The lowest BCUT2D eigenvalue weighted by Gasteiger charge is -2.13. The molecule has 2 heterocycles. The summed E-state index contributed by atoms with van der Waals surface area (Å²) in [5.41, 5.74) is 3.56. The highest BCUT2D eigenvalue weighted by atomic mass is 16.3. The smallest absolute Gasteiger partial charge is 0.329 e. The molecule has 20 heavy (non-hydrogen) atoms. The van der Waals surface area contributed by atoms with Gasteiger partial charge in [-0.25, -0.2) is 9.78 Å². The summed E-state index contributed by atoms with van der Waals surface area (Å²) < 4.78 is 1.07. The molecule has 2 aromatic rings. The highest BCUT2D eigenvalue weighted by Crippen LogP contribution is 2.17. The summed E-state index contributed by atoms with van der Waals surface area (Å²) in [5.74, 6) is -0.932. The Hall–Kier alpha value is -2.46. The van der Waals surface area contributed by atoms with Crippen LogP contribution in [0.1, 0.15) is 18.3 Å². The molecule has 108 valence electrons. The molecule has 10 heteroatoms. The highest BCUT2D eigenvalue weighted by molar-refractivity contribution is 5.74. The fourth-order valence-corrected chi connectivity index (χ4v) is 1.76. The number of hydrogen-bond donors (Lipinski definition) is 5. The van der Waals surface area contributed by atoms with Gasteiger partial charge < -0.3 is 20.9 Å². The average Bonchev–Trinajstić information content (AvgIpc) is 2.79. The summed E-state index contributed by atoms with van der Waals surface area (Å²) in [6.07, 6.45) is -3.47. The van der Waals surface area contributed by atoms with Crippen LogP contribution in [0.25, 0.3) is 11.2 Å². The second-order valence-corrected chi connectivity index (χ2v) is 4.32. The van der Waals surface area contributed by atoms with E-state index in [-0.39, 0.29) is 17.0 Å². The monoisotopic (exact) mass is 283 g/mol. The van der Waals surface area contributed by atoms with Crippen molar-refractivity contribution in [1.82, 2.24) is 19.5 Å². The molecule has 0 radical (unpaired) electrons. The molecule has 0 aliphatic heterocycles. The SMILES string of the molecule is Cn1c(=O)[nH]c(=O)c2[nH]c(C(O)C(O)CC(N)=O)nc21. The molecule has 0 aromatic carbocycles. The van der Waals surface area contributed by atoms with E-state index in [1.54, 1.807) is 0 Å². The number of aromatic amines is 2. The summed E-state index contributed by atoms with van der Waals surface area (Å²) >= 11 is 0. The van der Waals surface area contributed by atoms with Crippen molar-refractivity contribution >= 4 is 17.1 Å². The molecule has 0 saturated carbocycles. The maximum Gasteiger partial charge on any atom is 0.329 e. The van der Waals surface area contributed by atoms with E-state index in [1.807, 2.05) is 0 Å². The molecule has 1 amide bonds. The molecule has 10 nitrogen and oxygen atoms in total. The number of nitrogens with two attached hydrogens (primary N) is 1. The van der Waals surface area contributed by atoms with Gasteiger partial charge in [0, 0.05) is 7.05 Å². The van der Waals surface area contributed by atoms with Crippen LogP contribution in [0.2, 0.25) is 0 Å². The standard InChI is InChI=1S/C10H13N5O5/c1-15-8-5(9(19)14-10(15)20)12-7(13-8)6(18)3(16)2-4(11)17/h3,6,16,18H,2H2,1H3,(H2,11,17)(H,12,13)(H,14,19,20). The summed E-state index contributed by atoms with van der Waals surface area (Å²) in [6, 6.07) is 0. The van der Waals surface area contributed by atoms with Gasteiger partial charge in [-0.1, -0.05) is 0 Å². The number of aliphatic hydroxyl groups is 2. The lowest BCUT2D eigenvalue weighted by atomic mass is 10.1. The zero-order valence-corrected chi connectivity index (χ0v) is 10.5. The van der Waals surface area contributed by atoms with Gasteiger partial charge in [-0.15, -0.1) is 0 Å². The quantitative estimate of drug-likeness (QED) is 0.406. The van der Waals surface area contributed by atoms with Gasteiger partial charge in [-0.3, -0.25) is 19.1 Å². The van der Waals surface area contributed by atoms with E-state index < -0.39 is 35.8 Å². The van der Waals surface area contributed by atoms with Crippen LogP contribution in [0, 0.1) is 0 Å². The number of nitrogens with zero attached hydrogens (tertiary/aromatic N) is 2. The van der Waals surface area contributed by atoms with Crippen molar-refractivity contribution in [3.8, 4) is 0 Å². The Bertz CT molecular complexity index is 772. The van der Waals surface area contributed by atoms with Crippen LogP contribution in [0.5, 0.6) is 0 Å². The van der Waals surface area contributed by atoms with Crippen molar-refractivity contribution in [2.45, 2.75) is 18.6 Å². The number of amides is 1. The molecule has 0 aliphatic carbocycles. The van der Waals surface area contributed by atoms with Crippen molar-refractivity contribution < 1.29 is 15.0 Å². The van der Waals surface area contributed by atoms with E-state index in [2.05, 4.69) is 15.0 Å². The molecule has 6 N–H and O–H groups in total. The molecule has 0 fully saturated rings. The predicted molar refractivity (Wildman–Crippen MR) is 66.7 cm³/mol. The number of rotatable bonds is 4. The number of aliphatic hydroxyl groups excluding tert-OH is 2. The van der Waals surface area contributed by atoms with Crippen LogP contribution >= 0.6 is 0 Å². The highest BCUT2D eigenvalue weighted by Gasteiger charge is 2.24. The largest absolute Gasteiger partial charge is 0.389 e. The molecule has 2 unspecified atom stereocenters. The Morgan fingerprint density at radius 2 is 2.05 bits per heavy atom. The minimum absolute atomic E-state index is 0.0209. The lowest BCUT2D eigenvalue weighted by molar-refractivity contribution is -0.121. The number of nitrogens with one attached hydrogen (secondary N) is 2. The minimum Gasteiger partial charge on any atom is -0.389 e. The Morgan fingerprint density at radius 3 is 2.65 bits per heavy atom. The van der Waals surface area contributed by atoms with Crippen molar-refractivity contribution in [2.75, 3.05) is 0 Å². The third-order valence-electron chi connectivity index (χ3n) is 2.83. The van der Waals surface area contributed by atoms with Gasteiger partial charge in [0.05, 0.1) is 12.5 Å². The van der Waals surface area contributed by atoms with Gasteiger partial charge in [0.15, 0.2) is 5.65 Å². The van der Waals surface area contributed by atoms with Gasteiger partial charge in [-0.2, -0.15) is 0 Å². The lowest BCUT2D eigenvalue weighted by Crippen LogP contribution is -2.28. The Balaban J connectivity index is 2.49. The molecule has 2 rings (SSSR count). The van der Waals surface area contributed by atoms with Gasteiger partial charge >= 0.3 is 5.69 Å². The molecule has 0 aliphatic rings. The first-order valence-corrected chi connectivity index (χ1v) is 5.64. The van der Waals surface area contributed by atoms with Gasteiger partial charge in [0.1, 0.15) is 17.4 Å². The van der Waals surface area contributed by atoms with E-state index >= 15 is 0 Å². The average molecular weight is 283 g/mol. The fourth-order valence-electron chi connectivity index (χ4n) is 1.76. The number of aromatic nitrogens is 4. The van der Waals surface area contributed by atoms with E-state index in [4.69, 9.17) is 5.73 Å². The van der Waals surface area contributed by atoms with Crippen LogP contribution in [0.15, 0.2) is 9.59 Å². The molecule has 0 bridgehead atoms. The van der Waals surface area contributed by atoms with Crippen LogP contribution < -0.4 is 17.0 Å². The second kappa shape index (κ2) is 4.90. The third kappa shape index (κ3) is 2.33. The van der Waals surface area contributed by atoms with E-state index in [1.165, 1.54) is 7.05 Å². The number of hydrogen-bond acceptors (Lipinski definition) is 6. The Kier molecular flexibility index (Phi) is 3.42. The third-order valence-corrected chi connectivity index (χ3v) is 2.83. The first-order valence-electron chi connectivity index (χ1n) is 5.64. The fraction of sp³-hybridized carbons (Fsp3) is 0.400. The number of aryl methyl sites for hydroxylation is 1. The maximum absolute atomic E-state index is 11.6. The molecule has 2 atom stereocenters. The molecular weight excluding hydrogens is 270 g/mol. The van der Waals surface area contributed by atoms with Gasteiger partial charge in [0.25, 0.3) is 5.56 Å². The topological polar surface area (TPSA) is 167 Å². The number of H-pyrrole nitrogens is 2. The summed E-state index contributed by atoms with van der Waals surface area (Å²) in [4.78, 5) is 42.1. The second-order valence-electron chi connectivity index (χ2n) is 4.32. The number of carbonyl (C=O) groups excluding carboxylic acids is 1. The van der Waals surface area contributed by atoms with Crippen molar-refractivity contribution in [3.63, 3.8) is 0 Å². The van der Waals surface area contributed by atoms with E-state index in [0.29, 0.717) is 0 Å². The van der Waals surface area contributed by atoms with Crippen LogP contribution in [-0.2, 0) is 11.8 Å². The van der Waals surface area contributed by atoms with Crippen LogP contribution in [0.4, 0.5) is 0 Å². The molecule has 2 aromatic heterocycles. The molecular formula is C10H13N5O5. The van der Waals surface area contributed by atoms with E-state index in [0.717, 1.165) is 4.57 Å². The van der Waals surface area contributed by atoms with Crippen LogP contribution in [0.3, 0.4) is 0 Å². The van der Waals surface area contributed by atoms with E-state index in [9.17, 15) is 24.6 Å². The first kappa shape index (κ1) is 14.0. The molecule has 0 spiro atoms. The van der Waals surface area contributed by atoms with Crippen molar-refractivity contribution in [3.05, 3.63) is 26.7 Å².